The van der Waals surface area contributed by atoms with Crippen LogP contribution in [0.15, 0.2) is 303 Å². The van der Waals surface area contributed by atoms with E-state index in [1.807, 2.05) is 24.3 Å². The van der Waals surface area contributed by atoms with Crippen LogP contribution in [0.4, 0.5) is 34.1 Å². The van der Waals surface area contributed by atoms with Crippen molar-refractivity contribution in [1.29, 1.82) is 0 Å². The van der Waals surface area contributed by atoms with Crippen LogP contribution in [0.2, 0.25) is 0 Å². The van der Waals surface area contributed by atoms with Gasteiger partial charge in [-0.05, 0) is 232 Å². The summed E-state index contributed by atoms with van der Waals surface area (Å²) < 4.78 is 0. The molecule has 0 amide bonds. The fourth-order valence-corrected chi connectivity index (χ4v) is 15.6. The number of para-hydroxylation sites is 3. The maximum Gasteiger partial charge on any atom is 0.0543 e. The van der Waals surface area contributed by atoms with Crippen molar-refractivity contribution in [2.75, 3.05) is 9.80 Å². The number of hydrogen-bond acceptors (Lipinski definition) is 2. The second-order valence-corrected chi connectivity index (χ2v) is 26.5. The van der Waals surface area contributed by atoms with Gasteiger partial charge in [0.1, 0.15) is 0 Å². The van der Waals surface area contributed by atoms with Crippen LogP contribution in [0.5, 0.6) is 0 Å². The molecule has 0 radical (unpaired) electrons. The Morgan fingerprint density at radius 3 is 1.18 bits per heavy atom. The van der Waals surface area contributed by atoms with Crippen molar-refractivity contribution in [2.24, 2.45) is 0 Å². The molecule has 2 aliphatic rings. The Bertz CT molecular complexity index is 5520. The molecule has 0 unspecified atom stereocenters. The summed E-state index contributed by atoms with van der Waals surface area (Å²) in [7, 11) is 0. The Balaban J connectivity index is 0.947. The van der Waals surface area contributed by atoms with Gasteiger partial charge in [0.05, 0.1) is 5.69 Å². The van der Waals surface area contributed by atoms with Gasteiger partial charge in [-0.3, -0.25) is 0 Å². The van der Waals surface area contributed by atoms with Gasteiger partial charge in [-0.15, -0.1) is 25.7 Å². The topological polar surface area (TPSA) is 6.48 Å². The zero-order valence-corrected chi connectivity index (χ0v) is 55.1. The highest BCUT2D eigenvalue weighted by Crippen LogP contribution is 2.60. The van der Waals surface area contributed by atoms with Gasteiger partial charge >= 0.3 is 0 Å². The molecular formula is C96H66N2. The molecular weight excluding hydrogens is 1180 g/mol. The van der Waals surface area contributed by atoms with Crippen molar-refractivity contribution in [3.63, 3.8) is 0 Å². The lowest BCUT2D eigenvalue weighted by Gasteiger charge is -2.31. The Hall–Kier alpha value is -12.8. The average molecular weight is 1250 g/mol. The van der Waals surface area contributed by atoms with E-state index >= 15 is 0 Å². The van der Waals surface area contributed by atoms with Crippen LogP contribution < -0.4 is 9.80 Å². The van der Waals surface area contributed by atoms with Crippen molar-refractivity contribution in [3.8, 4) is 138 Å². The van der Waals surface area contributed by atoms with E-state index in [2.05, 4.69) is 340 Å². The first-order valence-corrected chi connectivity index (χ1v) is 33.3. The minimum atomic E-state index is -0.430. The van der Waals surface area contributed by atoms with Gasteiger partial charge < -0.3 is 9.80 Å². The van der Waals surface area contributed by atoms with Crippen molar-refractivity contribution in [1.82, 2.24) is 0 Å². The number of fused-ring (bicyclic) bond motifs is 8. The number of anilines is 6. The highest BCUT2D eigenvalue weighted by molar-refractivity contribution is 6.11. The van der Waals surface area contributed by atoms with Gasteiger partial charge in [-0.1, -0.05) is 239 Å². The van der Waals surface area contributed by atoms with Crippen LogP contribution in [0.1, 0.15) is 72.2 Å². The van der Waals surface area contributed by atoms with E-state index in [9.17, 15) is 0 Å². The molecule has 14 aromatic carbocycles. The highest BCUT2D eigenvalue weighted by atomic mass is 15.1. The van der Waals surface area contributed by atoms with E-state index < -0.39 is 5.41 Å². The summed E-state index contributed by atoms with van der Waals surface area (Å²) in [6, 6.07) is 109. The van der Waals surface area contributed by atoms with Gasteiger partial charge in [0, 0.05) is 66.9 Å². The molecule has 460 valence electrons. The first-order chi connectivity index (χ1) is 47.9. The molecule has 2 nitrogen and oxygen atoms in total. The van der Waals surface area contributed by atoms with Gasteiger partial charge in [-0.2, -0.15) is 0 Å². The summed E-state index contributed by atoms with van der Waals surface area (Å²) in [6.07, 6.45) is 25.6. The molecule has 0 atom stereocenters. The summed E-state index contributed by atoms with van der Waals surface area (Å²) in [5, 5.41) is 2.30. The van der Waals surface area contributed by atoms with Crippen LogP contribution in [-0.4, -0.2) is 0 Å². The summed E-state index contributed by atoms with van der Waals surface area (Å²) in [6.45, 7) is 9.63. The number of rotatable bonds is 12. The molecule has 98 heavy (non-hydrogen) atoms. The number of benzene rings is 14. The second-order valence-electron chi connectivity index (χ2n) is 26.5. The molecule has 16 rings (SSSR count). The van der Waals surface area contributed by atoms with E-state index in [0.29, 0.717) is 22.3 Å². The molecule has 0 heterocycles. The van der Waals surface area contributed by atoms with Crippen molar-refractivity contribution >= 4 is 44.9 Å². The van der Waals surface area contributed by atoms with Gasteiger partial charge in [0.2, 0.25) is 0 Å². The van der Waals surface area contributed by atoms with Crippen LogP contribution in [0.3, 0.4) is 0 Å². The summed E-state index contributed by atoms with van der Waals surface area (Å²) >= 11 is 0. The lowest BCUT2D eigenvalue weighted by Crippen LogP contribution is -2.18. The molecule has 0 saturated heterocycles. The maximum absolute atomic E-state index is 6.53. The number of terminal acetylenes is 4. The molecule has 0 N–H and O–H groups in total. The third kappa shape index (κ3) is 9.99. The molecule has 0 aliphatic heterocycles. The predicted octanol–water partition coefficient (Wildman–Crippen LogP) is 24.3. The standard InChI is InChI=1S/C96H66N2/c1-9-63-37-30-47-79(77(63)11-3)83-49-32-50-84(80-48-31-38-64(10-2)78(80)12-4)93(83)71-56-70(69-54-67(65-33-18-13-19-34-65)53-68(55-69)66-35-20-14-21-36-66)57-76(58-71)98(74-43-26-17-27-44-74)92-62-91-94(85-46-29-28-45-82(85)92)87-61-89-86(60-90(87)96(91,7)8)81-52-51-75(59-88(81)95(89,5)6)97(72-39-22-15-23-40-72)73-41-24-16-25-42-73/h1-4,13-62H,5-8H3. The minimum Gasteiger partial charge on any atom is -0.310 e. The highest BCUT2D eigenvalue weighted by Gasteiger charge is 2.43. The first kappa shape index (κ1) is 60.1. The van der Waals surface area contributed by atoms with E-state index in [4.69, 9.17) is 25.7 Å². The van der Waals surface area contributed by atoms with Crippen molar-refractivity contribution in [2.45, 2.75) is 38.5 Å². The molecule has 0 bridgehead atoms. The molecule has 0 aromatic heterocycles. The van der Waals surface area contributed by atoms with E-state index in [1.165, 1.54) is 49.9 Å². The van der Waals surface area contributed by atoms with Crippen molar-refractivity contribution in [3.05, 3.63) is 348 Å². The molecule has 0 saturated carbocycles. The lowest BCUT2D eigenvalue weighted by molar-refractivity contribution is 0.652. The summed E-state index contributed by atoms with van der Waals surface area (Å²) in [4.78, 5) is 4.84. The lowest BCUT2D eigenvalue weighted by atomic mass is 9.79. The average Bonchev–Trinajstić information content (AvgIpc) is 1.52. The van der Waals surface area contributed by atoms with Crippen LogP contribution in [0.25, 0.3) is 99.8 Å². The Labute approximate surface area is 575 Å². The van der Waals surface area contributed by atoms with Crippen molar-refractivity contribution < 1.29 is 0 Å². The van der Waals surface area contributed by atoms with E-state index in [1.54, 1.807) is 0 Å². The maximum atomic E-state index is 6.53. The van der Waals surface area contributed by atoms with E-state index in [-0.39, 0.29) is 5.41 Å². The van der Waals surface area contributed by atoms with Crippen LogP contribution in [0, 0.1) is 49.4 Å². The summed E-state index contributed by atoms with van der Waals surface area (Å²) in [5.41, 5.74) is 30.1. The molecule has 2 heteroatoms. The monoisotopic (exact) mass is 1250 g/mol. The Kier molecular flexibility index (Phi) is 14.8. The molecule has 0 fully saturated rings. The SMILES string of the molecule is C#Cc1cccc(-c2cccc(-c3cccc(C#C)c3C#C)c2-c2cc(-c3cc(-c4ccccc4)cc(-c4ccccc4)c3)cc(N(c3ccccc3)c3cc4c(c5ccccc35)-c3cc5c(cc3C4(C)C)-c3ccc(N(c4ccccc4)c4ccccc4)cc3C5(C)C)c2)c1C#C. The quantitative estimate of drug-likeness (QED) is 0.113. The third-order valence-electron chi connectivity index (χ3n) is 20.3. The van der Waals surface area contributed by atoms with Gasteiger partial charge in [0.25, 0.3) is 0 Å². The number of hydrogen-bond donors (Lipinski definition) is 0. The molecule has 2 aliphatic carbocycles. The van der Waals surface area contributed by atoms with Crippen LogP contribution in [-0.2, 0) is 10.8 Å². The Morgan fingerprint density at radius 1 is 0.245 bits per heavy atom. The second kappa shape index (κ2) is 24.2. The molecule has 0 spiro atoms. The fraction of sp³-hybridized carbons (Fsp3) is 0.0625. The van der Waals surface area contributed by atoms with Gasteiger partial charge in [-0.25, -0.2) is 0 Å². The first-order valence-electron chi connectivity index (χ1n) is 33.3. The minimum absolute atomic E-state index is 0.315. The smallest absolute Gasteiger partial charge is 0.0543 e. The fourth-order valence-electron chi connectivity index (χ4n) is 15.6. The summed E-state index contributed by atoms with van der Waals surface area (Å²) in [5.74, 6) is 11.8. The normalized spacial score (nSPS) is 12.6. The van der Waals surface area contributed by atoms with Gasteiger partial charge in [0.15, 0.2) is 0 Å². The Morgan fingerprint density at radius 2 is 0.653 bits per heavy atom. The third-order valence-corrected chi connectivity index (χ3v) is 20.3. The largest absolute Gasteiger partial charge is 0.310 e. The van der Waals surface area contributed by atoms with Crippen LogP contribution >= 0.6 is 0 Å². The molecule has 14 aromatic rings. The number of nitrogens with zero attached hydrogens (tertiary/aromatic N) is 2. The predicted molar refractivity (Wildman–Crippen MR) is 413 cm³/mol. The van der Waals surface area contributed by atoms with E-state index in [0.717, 1.165) is 106 Å². The zero-order valence-electron chi connectivity index (χ0n) is 55.1. The zero-order chi connectivity index (χ0) is 66.8.